The van der Waals surface area contributed by atoms with Crippen LogP contribution in [0.25, 0.3) is 33.5 Å². The Balaban J connectivity index is 1.35. The minimum atomic E-state index is -0.734. The number of benzene rings is 1. The highest BCUT2D eigenvalue weighted by Crippen LogP contribution is 2.32. The van der Waals surface area contributed by atoms with Crippen LogP contribution in [-0.4, -0.2) is 44.2 Å². The Labute approximate surface area is 200 Å². The van der Waals surface area contributed by atoms with Crippen molar-refractivity contribution in [3.63, 3.8) is 0 Å². The number of carboxylic acids is 1. The Morgan fingerprint density at radius 3 is 2.47 bits per heavy atom. The Hall–Kier alpha value is -3.65. The van der Waals surface area contributed by atoms with Crippen LogP contribution in [0.5, 0.6) is 11.9 Å². The summed E-state index contributed by atoms with van der Waals surface area (Å²) in [6, 6.07) is 13.9. The zero-order valence-corrected chi connectivity index (χ0v) is 19.2. The SMILES string of the molecule is COc1cc(-c2ccc(-c3nc4nc(OC5CCC(C(=O)O)CC5)[nH]c4cc3Cl)cc2)ccn1. The summed E-state index contributed by atoms with van der Waals surface area (Å²) in [5.74, 6) is -0.462. The number of aromatic nitrogens is 4. The number of methoxy groups -OCH3 is 1. The van der Waals surface area contributed by atoms with Crippen LogP contribution in [0.2, 0.25) is 5.02 Å². The Morgan fingerprint density at radius 2 is 1.76 bits per heavy atom. The zero-order chi connectivity index (χ0) is 23.7. The molecule has 2 N–H and O–H groups in total. The molecule has 1 aliphatic carbocycles. The highest BCUT2D eigenvalue weighted by Gasteiger charge is 2.27. The maximum Gasteiger partial charge on any atom is 0.306 e. The normalized spacial score (nSPS) is 18.1. The molecule has 34 heavy (non-hydrogen) atoms. The highest BCUT2D eigenvalue weighted by molar-refractivity contribution is 6.33. The van der Waals surface area contributed by atoms with Gasteiger partial charge in [-0.05, 0) is 48.9 Å². The van der Waals surface area contributed by atoms with Gasteiger partial charge in [0.25, 0.3) is 6.01 Å². The molecule has 3 heterocycles. The van der Waals surface area contributed by atoms with E-state index in [-0.39, 0.29) is 12.0 Å². The molecule has 0 spiro atoms. The number of aromatic amines is 1. The minimum absolute atomic E-state index is 0.0644. The number of carbonyl (C=O) groups is 1. The summed E-state index contributed by atoms with van der Waals surface area (Å²) in [7, 11) is 1.59. The Bertz CT molecular complexity index is 1330. The van der Waals surface area contributed by atoms with Gasteiger partial charge in [0.2, 0.25) is 5.88 Å². The van der Waals surface area contributed by atoms with Crippen LogP contribution >= 0.6 is 11.6 Å². The molecule has 0 unspecified atom stereocenters. The number of aliphatic carboxylic acids is 1. The second kappa shape index (κ2) is 9.30. The van der Waals surface area contributed by atoms with E-state index in [2.05, 4.69) is 19.9 Å². The Morgan fingerprint density at radius 1 is 1.03 bits per heavy atom. The molecule has 3 aromatic heterocycles. The van der Waals surface area contributed by atoms with Gasteiger partial charge in [-0.3, -0.25) is 4.79 Å². The molecule has 1 aliphatic rings. The molecule has 4 aromatic rings. The third kappa shape index (κ3) is 4.54. The second-order valence-electron chi connectivity index (χ2n) is 8.33. The van der Waals surface area contributed by atoms with E-state index in [9.17, 15) is 4.79 Å². The van der Waals surface area contributed by atoms with Gasteiger partial charge in [-0.2, -0.15) is 4.98 Å². The first-order valence-electron chi connectivity index (χ1n) is 11.1. The van der Waals surface area contributed by atoms with E-state index >= 15 is 0 Å². The standard InChI is InChI=1S/C25H23ClN4O4/c1-33-21-12-17(10-11-27-21)14-2-4-15(5-3-14)22-19(26)13-20-23(29-22)30-25(28-20)34-18-8-6-16(7-9-18)24(31)32/h2-5,10-13,16,18H,6-9H2,1H3,(H,31,32)(H,28,29,30). The average Bonchev–Trinajstić information content (AvgIpc) is 3.25. The number of ether oxygens (including phenoxy) is 2. The number of carboxylic acid groups (broad SMARTS) is 1. The van der Waals surface area contributed by atoms with Crippen molar-refractivity contribution in [3.05, 3.63) is 53.7 Å². The van der Waals surface area contributed by atoms with Gasteiger partial charge in [0, 0.05) is 17.8 Å². The molecule has 1 aromatic carbocycles. The van der Waals surface area contributed by atoms with Crippen LogP contribution in [0.15, 0.2) is 48.7 Å². The molecule has 174 valence electrons. The van der Waals surface area contributed by atoms with Crippen LogP contribution in [0.1, 0.15) is 25.7 Å². The first-order chi connectivity index (χ1) is 16.5. The average molecular weight is 479 g/mol. The number of fused-ring (bicyclic) bond motifs is 1. The van der Waals surface area contributed by atoms with Gasteiger partial charge in [0.15, 0.2) is 5.65 Å². The number of hydrogen-bond donors (Lipinski definition) is 2. The third-order valence-corrected chi connectivity index (χ3v) is 6.43. The van der Waals surface area contributed by atoms with E-state index in [1.807, 2.05) is 36.4 Å². The van der Waals surface area contributed by atoms with Gasteiger partial charge >= 0.3 is 5.97 Å². The fourth-order valence-electron chi connectivity index (χ4n) is 4.26. The highest BCUT2D eigenvalue weighted by atomic mass is 35.5. The van der Waals surface area contributed by atoms with Crippen LogP contribution in [-0.2, 0) is 4.79 Å². The van der Waals surface area contributed by atoms with Crippen molar-refractivity contribution in [1.82, 2.24) is 19.9 Å². The quantitative estimate of drug-likeness (QED) is 0.383. The van der Waals surface area contributed by atoms with Gasteiger partial charge < -0.3 is 19.6 Å². The molecule has 0 bridgehead atoms. The van der Waals surface area contributed by atoms with Gasteiger partial charge in [-0.1, -0.05) is 35.9 Å². The zero-order valence-electron chi connectivity index (χ0n) is 18.5. The number of nitrogens with zero attached hydrogens (tertiary/aromatic N) is 3. The molecule has 8 nitrogen and oxygen atoms in total. The van der Waals surface area contributed by atoms with Crippen molar-refractivity contribution in [2.75, 3.05) is 7.11 Å². The fraction of sp³-hybridized carbons (Fsp3) is 0.280. The van der Waals surface area contributed by atoms with Crippen LogP contribution in [0.3, 0.4) is 0 Å². The molecule has 0 atom stereocenters. The molecule has 1 fully saturated rings. The van der Waals surface area contributed by atoms with E-state index in [4.69, 9.17) is 26.2 Å². The second-order valence-corrected chi connectivity index (χ2v) is 8.73. The smallest absolute Gasteiger partial charge is 0.306 e. The van der Waals surface area contributed by atoms with E-state index in [1.54, 1.807) is 19.4 Å². The van der Waals surface area contributed by atoms with Crippen LogP contribution in [0.4, 0.5) is 0 Å². The number of pyridine rings is 2. The number of H-pyrrole nitrogens is 1. The van der Waals surface area contributed by atoms with Crippen molar-refractivity contribution >= 4 is 28.7 Å². The molecule has 0 radical (unpaired) electrons. The molecular formula is C25H23ClN4O4. The summed E-state index contributed by atoms with van der Waals surface area (Å²) in [6.45, 7) is 0. The molecule has 0 saturated heterocycles. The van der Waals surface area contributed by atoms with Gasteiger partial charge in [-0.15, -0.1) is 0 Å². The lowest BCUT2D eigenvalue weighted by Crippen LogP contribution is -2.28. The number of imidazole rings is 1. The van der Waals surface area contributed by atoms with Crippen molar-refractivity contribution in [2.24, 2.45) is 5.92 Å². The summed E-state index contributed by atoms with van der Waals surface area (Å²) < 4.78 is 11.2. The molecule has 0 aliphatic heterocycles. The lowest BCUT2D eigenvalue weighted by Gasteiger charge is -2.25. The van der Waals surface area contributed by atoms with Crippen molar-refractivity contribution < 1.29 is 19.4 Å². The first kappa shape index (κ1) is 22.2. The van der Waals surface area contributed by atoms with Crippen LogP contribution < -0.4 is 9.47 Å². The molecule has 9 heteroatoms. The monoisotopic (exact) mass is 478 g/mol. The number of rotatable bonds is 6. The van der Waals surface area contributed by atoms with Crippen molar-refractivity contribution in [3.8, 4) is 34.3 Å². The minimum Gasteiger partial charge on any atom is -0.481 e. The number of halogens is 1. The van der Waals surface area contributed by atoms with E-state index in [1.165, 1.54) is 0 Å². The van der Waals surface area contributed by atoms with Crippen molar-refractivity contribution in [2.45, 2.75) is 31.8 Å². The van der Waals surface area contributed by atoms with Gasteiger partial charge in [-0.25, -0.2) is 9.97 Å². The van der Waals surface area contributed by atoms with Crippen LogP contribution in [0, 0.1) is 5.92 Å². The predicted octanol–water partition coefficient (Wildman–Crippen LogP) is 5.37. The molecule has 1 saturated carbocycles. The van der Waals surface area contributed by atoms with E-state index in [0.717, 1.165) is 16.7 Å². The summed E-state index contributed by atoms with van der Waals surface area (Å²) in [6.07, 6.45) is 4.23. The topological polar surface area (TPSA) is 110 Å². The maximum atomic E-state index is 11.1. The molecule has 5 rings (SSSR count). The lowest BCUT2D eigenvalue weighted by molar-refractivity contribution is -0.143. The largest absolute Gasteiger partial charge is 0.481 e. The Kier molecular flexibility index (Phi) is 6.06. The maximum absolute atomic E-state index is 11.1. The lowest BCUT2D eigenvalue weighted by atomic mass is 9.87. The first-order valence-corrected chi connectivity index (χ1v) is 11.4. The third-order valence-electron chi connectivity index (χ3n) is 6.14. The van der Waals surface area contributed by atoms with E-state index < -0.39 is 5.97 Å². The fourth-order valence-corrected chi connectivity index (χ4v) is 4.52. The van der Waals surface area contributed by atoms with Gasteiger partial charge in [0.05, 0.1) is 29.3 Å². The predicted molar refractivity (Wildman–Crippen MR) is 128 cm³/mol. The number of hydrogen-bond acceptors (Lipinski definition) is 6. The summed E-state index contributed by atoms with van der Waals surface area (Å²) >= 11 is 6.55. The van der Waals surface area contributed by atoms with E-state index in [0.29, 0.717) is 59.5 Å². The number of nitrogens with one attached hydrogen (secondary N) is 1. The summed E-state index contributed by atoms with van der Waals surface area (Å²) in [4.78, 5) is 27.6. The summed E-state index contributed by atoms with van der Waals surface area (Å²) in [5.41, 5.74) is 4.72. The van der Waals surface area contributed by atoms with Gasteiger partial charge in [0.1, 0.15) is 6.10 Å². The molecule has 0 amide bonds. The molecular weight excluding hydrogens is 456 g/mol. The summed E-state index contributed by atoms with van der Waals surface area (Å²) in [5, 5.41) is 9.67. The van der Waals surface area contributed by atoms with Crippen molar-refractivity contribution in [1.29, 1.82) is 0 Å².